The molecule has 0 heterocycles. The Balaban J connectivity index is 1.75. The molecule has 1 unspecified atom stereocenters. The number of carbonyl (C=O) groups is 2. The molecule has 0 saturated carbocycles. The van der Waals surface area contributed by atoms with Crippen LogP contribution in [0.4, 0.5) is 0 Å². The minimum absolute atomic E-state index is 0.224. The van der Waals surface area contributed by atoms with E-state index >= 15 is 0 Å². The van der Waals surface area contributed by atoms with Crippen LogP contribution >= 0.6 is 15.9 Å². The molecule has 2 N–H and O–H groups in total. The molecule has 0 fully saturated rings. The number of ether oxygens (including phenoxy) is 2. The fourth-order valence-corrected chi connectivity index (χ4v) is 2.90. The van der Waals surface area contributed by atoms with Gasteiger partial charge in [-0.3, -0.25) is 20.4 Å². The van der Waals surface area contributed by atoms with Crippen molar-refractivity contribution in [2.24, 2.45) is 0 Å². The van der Waals surface area contributed by atoms with Crippen molar-refractivity contribution in [2.45, 2.75) is 39.7 Å². The van der Waals surface area contributed by atoms with Gasteiger partial charge in [0.25, 0.3) is 11.8 Å². The third kappa shape index (κ3) is 6.56. The molecule has 0 aliphatic rings. The number of hydrazine groups is 1. The number of hydrogen-bond acceptors (Lipinski definition) is 4. The minimum atomic E-state index is -0.760. The number of aryl methyl sites for hydroxylation is 2. The second-order valence-corrected chi connectivity index (χ2v) is 7.06. The predicted octanol–water partition coefficient (Wildman–Crippen LogP) is 3.57. The molecule has 0 spiro atoms. The van der Waals surface area contributed by atoms with Gasteiger partial charge in [0.1, 0.15) is 11.5 Å². The van der Waals surface area contributed by atoms with Crippen molar-refractivity contribution in [3.63, 3.8) is 0 Å². The van der Waals surface area contributed by atoms with Gasteiger partial charge in [0.2, 0.25) is 0 Å². The van der Waals surface area contributed by atoms with E-state index in [1.165, 1.54) is 5.56 Å². The summed E-state index contributed by atoms with van der Waals surface area (Å²) in [6, 6.07) is 13.2. The topological polar surface area (TPSA) is 76.7 Å². The van der Waals surface area contributed by atoms with Crippen molar-refractivity contribution >= 4 is 27.7 Å². The first-order valence-corrected chi connectivity index (χ1v) is 9.97. The monoisotopic (exact) mass is 448 g/mol. The second kappa shape index (κ2) is 10.7. The van der Waals surface area contributed by atoms with Crippen molar-refractivity contribution in [2.75, 3.05) is 6.61 Å². The summed E-state index contributed by atoms with van der Waals surface area (Å²) in [7, 11) is 0. The smallest absolute Gasteiger partial charge is 0.279 e. The van der Waals surface area contributed by atoms with Crippen molar-refractivity contribution in [1.82, 2.24) is 10.9 Å². The Hall–Kier alpha value is -2.54. The van der Waals surface area contributed by atoms with Crippen molar-refractivity contribution in [3.05, 3.63) is 58.1 Å². The van der Waals surface area contributed by atoms with E-state index in [-0.39, 0.29) is 6.61 Å². The van der Waals surface area contributed by atoms with E-state index in [4.69, 9.17) is 9.47 Å². The van der Waals surface area contributed by atoms with Gasteiger partial charge in [-0.05, 0) is 71.1 Å². The zero-order chi connectivity index (χ0) is 20.5. The summed E-state index contributed by atoms with van der Waals surface area (Å²) < 4.78 is 11.8. The van der Waals surface area contributed by atoms with E-state index in [0.717, 1.165) is 22.9 Å². The van der Waals surface area contributed by atoms with Crippen LogP contribution in [-0.4, -0.2) is 24.5 Å². The van der Waals surface area contributed by atoms with Crippen molar-refractivity contribution < 1.29 is 19.1 Å². The number of carbonyl (C=O) groups excluding carboxylic acids is 2. The molecule has 6 nitrogen and oxygen atoms in total. The van der Waals surface area contributed by atoms with Crippen LogP contribution < -0.4 is 20.3 Å². The molecule has 2 aromatic rings. The van der Waals surface area contributed by atoms with Crippen LogP contribution in [0.1, 0.15) is 31.9 Å². The second-order valence-electron chi connectivity index (χ2n) is 6.20. The van der Waals surface area contributed by atoms with E-state index < -0.39 is 17.9 Å². The van der Waals surface area contributed by atoms with Gasteiger partial charge in [0.05, 0.1) is 4.47 Å². The normalized spacial score (nSPS) is 11.4. The van der Waals surface area contributed by atoms with E-state index in [2.05, 4.69) is 40.6 Å². The molecule has 1 atom stereocenters. The molecule has 0 radical (unpaired) electrons. The number of benzene rings is 2. The number of nitrogens with one attached hydrogen (secondary N) is 2. The highest BCUT2D eigenvalue weighted by Crippen LogP contribution is 2.26. The fraction of sp³-hybridized carbons (Fsp3) is 0.333. The summed E-state index contributed by atoms with van der Waals surface area (Å²) in [6.07, 6.45) is 1.09. The molecule has 0 aromatic heterocycles. The Kier molecular flexibility index (Phi) is 8.32. The molecule has 28 heavy (non-hydrogen) atoms. The maximum absolute atomic E-state index is 12.1. The van der Waals surface area contributed by atoms with E-state index in [9.17, 15) is 9.59 Å². The van der Waals surface area contributed by atoms with Gasteiger partial charge in [-0.15, -0.1) is 0 Å². The van der Waals surface area contributed by atoms with Crippen LogP contribution in [0.3, 0.4) is 0 Å². The summed E-state index contributed by atoms with van der Waals surface area (Å²) in [5, 5.41) is 0. The lowest BCUT2D eigenvalue weighted by molar-refractivity contribution is -0.133. The third-order valence-electron chi connectivity index (χ3n) is 4.10. The number of hydrogen-bond donors (Lipinski definition) is 2. The highest BCUT2D eigenvalue weighted by molar-refractivity contribution is 9.10. The van der Waals surface area contributed by atoms with Gasteiger partial charge in [0.15, 0.2) is 12.7 Å². The SMILES string of the molecule is CCc1ccc(OC(C)C(=O)NNC(=O)COc2ccc(CC)cc2Br)cc1. The van der Waals surface area contributed by atoms with Crippen LogP contribution in [0.25, 0.3) is 0 Å². The highest BCUT2D eigenvalue weighted by atomic mass is 79.9. The molecular weight excluding hydrogens is 424 g/mol. The Morgan fingerprint density at radius 3 is 2.25 bits per heavy atom. The molecule has 0 bridgehead atoms. The first-order chi connectivity index (χ1) is 13.4. The molecule has 0 saturated heterocycles. The van der Waals surface area contributed by atoms with E-state index in [1.807, 2.05) is 36.4 Å². The molecule has 2 amide bonds. The average Bonchev–Trinajstić information content (AvgIpc) is 2.71. The number of amides is 2. The minimum Gasteiger partial charge on any atom is -0.483 e. The van der Waals surface area contributed by atoms with E-state index in [1.54, 1.807) is 13.0 Å². The summed E-state index contributed by atoms with van der Waals surface area (Å²) in [5.41, 5.74) is 7.01. The Bertz CT molecular complexity index is 809. The standard InChI is InChI=1S/C21H25BrN2O4/c1-4-15-6-9-17(10-7-15)28-14(3)21(26)24-23-20(25)13-27-19-11-8-16(5-2)12-18(19)22/h6-12,14H,4-5,13H2,1-3H3,(H,23,25)(H,24,26). The Morgan fingerprint density at radius 2 is 1.64 bits per heavy atom. The molecular formula is C21H25BrN2O4. The van der Waals surface area contributed by atoms with Gasteiger partial charge >= 0.3 is 0 Å². The summed E-state index contributed by atoms with van der Waals surface area (Å²) >= 11 is 3.42. The quantitative estimate of drug-likeness (QED) is 0.605. The van der Waals surface area contributed by atoms with Gasteiger partial charge in [-0.2, -0.15) is 0 Å². The van der Waals surface area contributed by atoms with Gasteiger partial charge in [0, 0.05) is 0 Å². The van der Waals surface area contributed by atoms with Gasteiger partial charge < -0.3 is 9.47 Å². The highest BCUT2D eigenvalue weighted by Gasteiger charge is 2.15. The van der Waals surface area contributed by atoms with Crippen LogP contribution in [0, 0.1) is 0 Å². The largest absolute Gasteiger partial charge is 0.483 e. The Morgan fingerprint density at radius 1 is 1.00 bits per heavy atom. The third-order valence-corrected chi connectivity index (χ3v) is 4.72. The van der Waals surface area contributed by atoms with Gasteiger partial charge in [-0.1, -0.05) is 32.0 Å². The lowest BCUT2D eigenvalue weighted by Gasteiger charge is -2.15. The predicted molar refractivity (Wildman–Crippen MR) is 111 cm³/mol. The molecule has 7 heteroatoms. The maximum atomic E-state index is 12.1. The number of rotatable bonds is 8. The molecule has 0 aliphatic heterocycles. The molecule has 2 aromatic carbocycles. The summed E-state index contributed by atoms with van der Waals surface area (Å²) in [6.45, 7) is 5.51. The maximum Gasteiger partial charge on any atom is 0.279 e. The first-order valence-electron chi connectivity index (χ1n) is 9.18. The summed E-state index contributed by atoms with van der Waals surface area (Å²) in [5.74, 6) is 0.224. The zero-order valence-corrected chi connectivity index (χ0v) is 17.8. The fourth-order valence-electron chi connectivity index (χ4n) is 2.36. The average molecular weight is 449 g/mol. The lowest BCUT2D eigenvalue weighted by Crippen LogP contribution is -2.48. The van der Waals surface area contributed by atoms with Crippen LogP contribution in [0.15, 0.2) is 46.9 Å². The Labute approximate surface area is 173 Å². The van der Waals surface area contributed by atoms with Crippen LogP contribution in [0.2, 0.25) is 0 Å². The summed E-state index contributed by atoms with van der Waals surface area (Å²) in [4.78, 5) is 24.0. The van der Waals surface area contributed by atoms with Gasteiger partial charge in [-0.25, -0.2) is 0 Å². The van der Waals surface area contributed by atoms with Crippen LogP contribution in [-0.2, 0) is 22.4 Å². The number of halogens is 1. The molecule has 0 aliphatic carbocycles. The lowest BCUT2D eigenvalue weighted by atomic mass is 10.2. The molecule has 2 rings (SSSR count). The van der Waals surface area contributed by atoms with Crippen molar-refractivity contribution in [3.8, 4) is 11.5 Å². The van der Waals surface area contributed by atoms with Crippen LogP contribution in [0.5, 0.6) is 11.5 Å². The first kappa shape index (κ1) is 21.8. The molecule has 150 valence electrons. The van der Waals surface area contributed by atoms with E-state index in [0.29, 0.717) is 11.5 Å². The zero-order valence-electron chi connectivity index (χ0n) is 16.3. The van der Waals surface area contributed by atoms with Crippen molar-refractivity contribution in [1.29, 1.82) is 0 Å².